The lowest BCUT2D eigenvalue weighted by molar-refractivity contribution is -0.136. The quantitative estimate of drug-likeness (QED) is 0.809. The third-order valence-corrected chi connectivity index (χ3v) is 5.60. The maximum Gasteiger partial charge on any atom is 0.263 e. The van der Waals surface area contributed by atoms with Crippen LogP contribution in [0.4, 0.5) is 0 Å². The van der Waals surface area contributed by atoms with Gasteiger partial charge in [-0.05, 0) is 42.0 Å². The van der Waals surface area contributed by atoms with E-state index in [2.05, 4.69) is 0 Å². The molecule has 0 radical (unpaired) electrons. The monoisotopic (exact) mass is 372 g/mol. The Labute approximate surface area is 158 Å². The molecule has 3 rings (SSSR count). The van der Waals surface area contributed by atoms with Gasteiger partial charge < -0.3 is 14.5 Å². The van der Waals surface area contributed by atoms with E-state index in [1.54, 1.807) is 12.0 Å². The van der Waals surface area contributed by atoms with Gasteiger partial charge in [0.1, 0.15) is 5.75 Å². The molecular formula is C20H24N2O3S. The Hall–Kier alpha value is -2.34. The molecule has 26 heavy (non-hydrogen) atoms. The van der Waals surface area contributed by atoms with Crippen molar-refractivity contribution in [1.82, 2.24) is 9.80 Å². The van der Waals surface area contributed by atoms with Crippen LogP contribution in [0.25, 0.3) is 0 Å². The van der Waals surface area contributed by atoms with Gasteiger partial charge in [0.05, 0.1) is 17.9 Å². The van der Waals surface area contributed by atoms with Crippen molar-refractivity contribution in [2.24, 2.45) is 5.92 Å². The highest BCUT2D eigenvalue weighted by atomic mass is 32.1. The topological polar surface area (TPSA) is 49.9 Å². The van der Waals surface area contributed by atoms with Crippen molar-refractivity contribution in [1.29, 1.82) is 0 Å². The molecule has 0 spiro atoms. The minimum absolute atomic E-state index is 0.0373. The van der Waals surface area contributed by atoms with Crippen molar-refractivity contribution >= 4 is 23.2 Å². The molecule has 0 aliphatic carbocycles. The highest BCUT2D eigenvalue weighted by molar-refractivity contribution is 7.12. The van der Waals surface area contributed by atoms with Crippen molar-refractivity contribution in [2.45, 2.75) is 19.4 Å². The first-order chi connectivity index (χ1) is 12.6. The lowest BCUT2D eigenvalue weighted by Crippen LogP contribution is -2.45. The van der Waals surface area contributed by atoms with E-state index >= 15 is 0 Å². The summed E-state index contributed by atoms with van der Waals surface area (Å²) in [5.74, 6) is 0.813. The lowest BCUT2D eigenvalue weighted by atomic mass is 9.96. The molecule has 0 N–H and O–H groups in total. The zero-order valence-electron chi connectivity index (χ0n) is 15.2. The van der Waals surface area contributed by atoms with Gasteiger partial charge in [-0.1, -0.05) is 18.2 Å². The van der Waals surface area contributed by atoms with Crippen LogP contribution in [0.1, 0.15) is 28.1 Å². The van der Waals surface area contributed by atoms with Crippen LogP contribution in [0.5, 0.6) is 5.75 Å². The zero-order valence-corrected chi connectivity index (χ0v) is 16.0. The summed E-state index contributed by atoms with van der Waals surface area (Å²) >= 11 is 1.45. The Bertz CT molecular complexity index is 743. The molecular weight excluding hydrogens is 348 g/mol. The number of ether oxygens (including phenoxy) is 1. The van der Waals surface area contributed by atoms with Crippen molar-refractivity contribution < 1.29 is 14.3 Å². The van der Waals surface area contributed by atoms with Gasteiger partial charge in [0.15, 0.2) is 0 Å². The minimum Gasteiger partial charge on any atom is -0.497 e. The first kappa shape index (κ1) is 18.5. The van der Waals surface area contributed by atoms with Gasteiger partial charge in [0, 0.05) is 26.7 Å². The molecule has 1 unspecified atom stereocenters. The number of likely N-dealkylation sites (tertiary alicyclic amines) is 1. The second kappa shape index (κ2) is 8.36. The predicted octanol–water partition coefficient (Wildman–Crippen LogP) is 3.27. The number of benzene rings is 1. The van der Waals surface area contributed by atoms with E-state index in [1.165, 1.54) is 11.3 Å². The standard InChI is InChI=1S/C20H24N2O3S/c1-21(13-15-7-9-17(25-2)10-8-15)19(23)16-5-3-11-22(14-16)20(24)18-6-4-12-26-18/h4,6-10,12,16H,3,5,11,13-14H2,1-2H3. The van der Waals surface area contributed by atoms with E-state index in [-0.39, 0.29) is 17.7 Å². The molecule has 5 nitrogen and oxygen atoms in total. The van der Waals surface area contributed by atoms with E-state index in [1.807, 2.05) is 53.7 Å². The number of amides is 2. The minimum atomic E-state index is -0.129. The summed E-state index contributed by atoms with van der Waals surface area (Å²) in [4.78, 5) is 29.7. The number of thiophene rings is 1. The Morgan fingerprint density at radius 3 is 2.69 bits per heavy atom. The van der Waals surface area contributed by atoms with Crippen LogP contribution in [-0.2, 0) is 11.3 Å². The van der Waals surface area contributed by atoms with Crippen LogP contribution in [0.2, 0.25) is 0 Å². The summed E-state index contributed by atoms with van der Waals surface area (Å²) in [5, 5.41) is 1.91. The van der Waals surface area contributed by atoms with Crippen LogP contribution in [0.3, 0.4) is 0 Å². The predicted molar refractivity (Wildman–Crippen MR) is 102 cm³/mol. The van der Waals surface area contributed by atoms with Gasteiger partial charge >= 0.3 is 0 Å². The van der Waals surface area contributed by atoms with Gasteiger partial charge in [0.2, 0.25) is 5.91 Å². The fraction of sp³-hybridized carbons (Fsp3) is 0.400. The van der Waals surface area contributed by atoms with Gasteiger partial charge in [-0.2, -0.15) is 0 Å². The Kier molecular flexibility index (Phi) is 5.93. The number of hydrogen-bond acceptors (Lipinski definition) is 4. The third-order valence-electron chi connectivity index (χ3n) is 4.74. The molecule has 1 fully saturated rings. The largest absolute Gasteiger partial charge is 0.497 e. The van der Waals surface area contributed by atoms with Crippen molar-refractivity contribution in [3.8, 4) is 5.75 Å². The van der Waals surface area contributed by atoms with E-state index in [4.69, 9.17) is 4.74 Å². The Balaban J connectivity index is 1.60. The molecule has 0 saturated carbocycles. The van der Waals surface area contributed by atoms with Crippen molar-refractivity contribution in [3.63, 3.8) is 0 Å². The second-order valence-electron chi connectivity index (χ2n) is 6.61. The number of nitrogens with zero attached hydrogens (tertiary/aromatic N) is 2. The third kappa shape index (κ3) is 4.25. The molecule has 1 aliphatic rings. The first-order valence-corrected chi connectivity index (χ1v) is 9.67. The smallest absolute Gasteiger partial charge is 0.263 e. The lowest BCUT2D eigenvalue weighted by Gasteiger charge is -2.33. The molecule has 1 atom stereocenters. The van der Waals surface area contributed by atoms with Crippen LogP contribution in [0, 0.1) is 5.92 Å². The summed E-state index contributed by atoms with van der Waals surface area (Å²) in [7, 11) is 3.46. The number of carbonyl (C=O) groups is 2. The number of methoxy groups -OCH3 is 1. The van der Waals surface area contributed by atoms with Crippen molar-refractivity contribution in [2.75, 3.05) is 27.2 Å². The molecule has 1 aromatic heterocycles. The molecule has 1 aliphatic heterocycles. The maximum atomic E-state index is 12.8. The molecule has 2 amide bonds. The van der Waals surface area contributed by atoms with Gasteiger partial charge in [-0.25, -0.2) is 0 Å². The molecule has 2 aromatic rings. The van der Waals surface area contributed by atoms with E-state index < -0.39 is 0 Å². The molecule has 138 valence electrons. The summed E-state index contributed by atoms with van der Waals surface area (Å²) in [6, 6.07) is 11.5. The summed E-state index contributed by atoms with van der Waals surface area (Å²) in [5.41, 5.74) is 1.06. The summed E-state index contributed by atoms with van der Waals surface area (Å²) in [6.07, 6.45) is 1.70. The van der Waals surface area contributed by atoms with Gasteiger partial charge in [-0.3, -0.25) is 9.59 Å². The maximum absolute atomic E-state index is 12.8. The normalized spacial score (nSPS) is 17.0. The average molecular weight is 372 g/mol. The fourth-order valence-electron chi connectivity index (χ4n) is 3.31. The molecule has 1 aromatic carbocycles. The van der Waals surface area contributed by atoms with E-state index in [0.29, 0.717) is 13.1 Å². The van der Waals surface area contributed by atoms with E-state index in [9.17, 15) is 9.59 Å². The number of hydrogen-bond donors (Lipinski definition) is 0. The molecule has 6 heteroatoms. The highest BCUT2D eigenvalue weighted by Crippen LogP contribution is 2.22. The Morgan fingerprint density at radius 2 is 2.04 bits per heavy atom. The first-order valence-electron chi connectivity index (χ1n) is 8.79. The summed E-state index contributed by atoms with van der Waals surface area (Å²) < 4.78 is 5.16. The highest BCUT2D eigenvalue weighted by Gasteiger charge is 2.30. The Morgan fingerprint density at radius 1 is 1.27 bits per heavy atom. The van der Waals surface area contributed by atoms with Crippen LogP contribution < -0.4 is 4.74 Å². The second-order valence-corrected chi connectivity index (χ2v) is 7.56. The van der Waals surface area contributed by atoms with Gasteiger partial charge in [0.25, 0.3) is 5.91 Å². The zero-order chi connectivity index (χ0) is 18.5. The van der Waals surface area contributed by atoms with Crippen LogP contribution >= 0.6 is 11.3 Å². The van der Waals surface area contributed by atoms with Crippen LogP contribution in [-0.4, -0.2) is 48.9 Å². The van der Waals surface area contributed by atoms with Crippen LogP contribution in [0.15, 0.2) is 41.8 Å². The summed E-state index contributed by atoms with van der Waals surface area (Å²) in [6.45, 7) is 1.78. The molecule has 0 bridgehead atoms. The number of carbonyl (C=O) groups excluding carboxylic acids is 2. The van der Waals surface area contributed by atoms with E-state index in [0.717, 1.165) is 35.6 Å². The van der Waals surface area contributed by atoms with Gasteiger partial charge in [-0.15, -0.1) is 11.3 Å². The molecule has 2 heterocycles. The number of piperidine rings is 1. The van der Waals surface area contributed by atoms with Crippen molar-refractivity contribution in [3.05, 3.63) is 52.2 Å². The average Bonchev–Trinajstić information content (AvgIpc) is 3.22. The number of rotatable bonds is 5. The molecule has 1 saturated heterocycles. The fourth-order valence-corrected chi connectivity index (χ4v) is 4.00. The SMILES string of the molecule is COc1ccc(CN(C)C(=O)C2CCCN(C(=O)c3cccs3)C2)cc1.